The standard InChI is InChI=1S/C27H23N3O2/c1-20(24-10-7-17-28-18-24)29-30-27(31)23-15-13-21(14-16-23)19-32-26-12-6-5-11-25(26)22-8-3-2-4-9-22/h2-18,29H,1,19H2,(H,30,31). The topological polar surface area (TPSA) is 63.2 Å². The molecular weight excluding hydrogens is 398 g/mol. The number of para-hydroxylation sites is 1. The highest BCUT2D eigenvalue weighted by molar-refractivity contribution is 5.94. The fourth-order valence-corrected chi connectivity index (χ4v) is 3.18. The summed E-state index contributed by atoms with van der Waals surface area (Å²) in [6.07, 6.45) is 3.35. The first-order chi connectivity index (χ1) is 15.7. The van der Waals surface area contributed by atoms with Crippen LogP contribution in [0.25, 0.3) is 16.8 Å². The highest BCUT2D eigenvalue weighted by Crippen LogP contribution is 2.30. The van der Waals surface area contributed by atoms with Gasteiger partial charge in [0, 0.05) is 29.1 Å². The van der Waals surface area contributed by atoms with Gasteiger partial charge in [-0.1, -0.05) is 67.2 Å². The van der Waals surface area contributed by atoms with Gasteiger partial charge in [-0.25, -0.2) is 0 Å². The summed E-state index contributed by atoms with van der Waals surface area (Å²) in [6, 6.07) is 29.1. The largest absolute Gasteiger partial charge is 0.488 e. The number of rotatable bonds is 8. The Hall–Kier alpha value is -4.38. The zero-order chi connectivity index (χ0) is 22.2. The molecular formula is C27H23N3O2. The van der Waals surface area contributed by atoms with Crippen molar-refractivity contribution in [2.45, 2.75) is 6.61 Å². The van der Waals surface area contributed by atoms with Crippen LogP contribution in [-0.2, 0) is 6.61 Å². The van der Waals surface area contributed by atoms with Gasteiger partial charge in [0.2, 0.25) is 0 Å². The fourth-order valence-electron chi connectivity index (χ4n) is 3.18. The molecule has 0 unspecified atom stereocenters. The summed E-state index contributed by atoms with van der Waals surface area (Å²) in [5.41, 5.74) is 10.5. The van der Waals surface area contributed by atoms with Gasteiger partial charge in [0.1, 0.15) is 12.4 Å². The van der Waals surface area contributed by atoms with Gasteiger partial charge in [-0.05, 0) is 41.5 Å². The Morgan fingerprint density at radius 1 is 0.812 bits per heavy atom. The molecule has 0 aliphatic heterocycles. The monoisotopic (exact) mass is 421 g/mol. The number of benzene rings is 3. The van der Waals surface area contributed by atoms with E-state index < -0.39 is 0 Å². The van der Waals surface area contributed by atoms with E-state index in [0.717, 1.165) is 28.0 Å². The van der Waals surface area contributed by atoms with E-state index in [2.05, 4.69) is 34.5 Å². The number of pyridine rings is 1. The molecule has 1 aromatic heterocycles. The van der Waals surface area contributed by atoms with Crippen LogP contribution >= 0.6 is 0 Å². The van der Waals surface area contributed by atoms with Crippen LogP contribution in [0.15, 0.2) is 110 Å². The number of carbonyl (C=O) groups is 1. The van der Waals surface area contributed by atoms with E-state index in [1.807, 2.05) is 66.7 Å². The molecule has 0 saturated heterocycles. The summed E-state index contributed by atoms with van der Waals surface area (Å²) in [7, 11) is 0. The van der Waals surface area contributed by atoms with Gasteiger partial charge in [-0.15, -0.1) is 0 Å². The average Bonchev–Trinajstić information content (AvgIpc) is 2.87. The first kappa shape index (κ1) is 20.9. The Bertz CT molecular complexity index is 1190. The molecule has 158 valence electrons. The number of ether oxygens (including phenoxy) is 1. The Morgan fingerprint density at radius 2 is 1.56 bits per heavy atom. The van der Waals surface area contributed by atoms with E-state index in [0.29, 0.717) is 17.9 Å². The smallest absolute Gasteiger partial charge is 0.269 e. The minimum absolute atomic E-state index is 0.253. The number of hydrazine groups is 1. The van der Waals surface area contributed by atoms with Crippen molar-refractivity contribution in [2.75, 3.05) is 0 Å². The van der Waals surface area contributed by atoms with E-state index in [1.165, 1.54) is 0 Å². The first-order valence-corrected chi connectivity index (χ1v) is 10.2. The van der Waals surface area contributed by atoms with Crippen LogP contribution in [0.5, 0.6) is 5.75 Å². The summed E-state index contributed by atoms with van der Waals surface area (Å²) in [6.45, 7) is 4.31. The first-order valence-electron chi connectivity index (χ1n) is 10.2. The quantitative estimate of drug-likeness (QED) is 0.382. The molecule has 32 heavy (non-hydrogen) atoms. The van der Waals surface area contributed by atoms with Crippen molar-refractivity contribution in [3.8, 4) is 16.9 Å². The molecule has 4 aromatic rings. The number of carbonyl (C=O) groups excluding carboxylic acids is 1. The van der Waals surface area contributed by atoms with Crippen molar-refractivity contribution < 1.29 is 9.53 Å². The highest BCUT2D eigenvalue weighted by atomic mass is 16.5. The van der Waals surface area contributed by atoms with E-state index in [9.17, 15) is 4.79 Å². The summed E-state index contributed by atoms with van der Waals surface area (Å²) in [5, 5.41) is 0. The van der Waals surface area contributed by atoms with Gasteiger partial charge in [0.05, 0.1) is 5.70 Å². The van der Waals surface area contributed by atoms with Crippen LogP contribution in [0.2, 0.25) is 0 Å². The molecule has 5 heteroatoms. The fraction of sp³-hybridized carbons (Fsp3) is 0.0370. The second kappa shape index (κ2) is 10.1. The number of nitrogens with zero attached hydrogens (tertiary/aromatic N) is 1. The predicted molar refractivity (Wildman–Crippen MR) is 127 cm³/mol. The van der Waals surface area contributed by atoms with Crippen LogP contribution in [0.4, 0.5) is 0 Å². The van der Waals surface area contributed by atoms with Crippen LogP contribution in [0.3, 0.4) is 0 Å². The van der Waals surface area contributed by atoms with Crippen molar-refractivity contribution in [3.05, 3.63) is 127 Å². The third kappa shape index (κ3) is 5.21. The average molecular weight is 422 g/mol. The zero-order valence-corrected chi connectivity index (χ0v) is 17.5. The molecule has 3 aromatic carbocycles. The molecule has 0 aliphatic carbocycles. The lowest BCUT2D eigenvalue weighted by molar-refractivity contribution is 0.0942. The summed E-state index contributed by atoms with van der Waals surface area (Å²) in [4.78, 5) is 16.4. The maximum absolute atomic E-state index is 12.4. The molecule has 0 spiro atoms. The van der Waals surface area contributed by atoms with Gasteiger partial charge < -0.3 is 4.74 Å². The third-order valence-electron chi connectivity index (χ3n) is 4.92. The molecule has 1 amide bonds. The SMILES string of the molecule is C=C(NNC(=O)c1ccc(COc2ccccc2-c2ccccc2)cc1)c1cccnc1. The van der Waals surface area contributed by atoms with Crippen molar-refractivity contribution in [3.63, 3.8) is 0 Å². The van der Waals surface area contributed by atoms with Crippen LogP contribution in [0.1, 0.15) is 21.5 Å². The minimum Gasteiger partial charge on any atom is -0.488 e. The lowest BCUT2D eigenvalue weighted by Gasteiger charge is -2.13. The number of amides is 1. The molecule has 0 fully saturated rings. The minimum atomic E-state index is -0.253. The molecule has 2 N–H and O–H groups in total. The molecule has 0 saturated carbocycles. The Labute approximate surface area is 187 Å². The van der Waals surface area contributed by atoms with Gasteiger partial charge in [-0.3, -0.25) is 20.6 Å². The third-order valence-corrected chi connectivity index (χ3v) is 4.92. The predicted octanol–water partition coefficient (Wildman–Crippen LogP) is 5.23. The number of aromatic nitrogens is 1. The molecule has 5 nitrogen and oxygen atoms in total. The maximum atomic E-state index is 12.4. The maximum Gasteiger partial charge on any atom is 0.269 e. The summed E-state index contributed by atoms with van der Waals surface area (Å²) >= 11 is 0. The van der Waals surface area contributed by atoms with Crippen molar-refractivity contribution in [1.82, 2.24) is 15.8 Å². The van der Waals surface area contributed by atoms with E-state index in [-0.39, 0.29) is 5.91 Å². The number of nitrogens with one attached hydrogen (secondary N) is 2. The van der Waals surface area contributed by atoms with Gasteiger partial charge in [-0.2, -0.15) is 0 Å². The summed E-state index contributed by atoms with van der Waals surface area (Å²) in [5.74, 6) is 0.565. The van der Waals surface area contributed by atoms with Crippen molar-refractivity contribution in [2.24, 2.45) is 0 Å². The van der Waals surface area contributed by atoms with E-state index >= 15 is 0 Å². The van der Waals surface area contributed by atoms with Crippen molar-refractivity contribution >= 4 is 11.6 Å². The Morgan fingerprint density at radius 3 is 2.31 bits per heavy atom. The van der Waals surface area contributed by atoms with Crippen molar-refractivity contribution in [1.29, 1.82) is 0 Å². The molecule has 1 heterocycles. The molecule has 4 rings (SSSR count). The van der Waals surface area contributed by atoms with Gasteiger partial charge >= 0.3 is 0 Å². The Kier molecular flexibility index (Phi) is 6.58. The van der Waals surface area contributed by atoms with Crippen LogP contribution in [-0.4, -0.2) is 10.9 Å². The lowest BCUT2D eigenvalue weighted by Crippen LogP contribution is -2.35. The second-order valence-corrected chi connectivity index (χ2v) is 7.15. The lowest BCUT2D eigenvalue weighted by atomic mass is 10.0. The van der Waals surface area contributed by atoms with Gasteiger partial charge in [0.15, 0.2) is 0 Å². The zero-order valence-electron chi connectivity index (χ0n) is 17.5. The Balaban J connectivity index is 1.35. The van der Waals surface area contributed by atoms with E-state index in [4.69, 9.17) is 4.74 Å². The number of hydrogen-bond acceptors (Lipinski definition) is 4. The van der Waals surface area contributed by atoms with Crippen LogP contribution < -0.4 is 15.6 Å². The molecule has 0 bridgehead atoms. The molecule has 0 radical (unpaired) electrons. The number of hydrogen-bond donors (Lipinski definition) is 2. The van der Waals surface area contributed by atoms with Gasteiger partial charge in [0.25, 0.3) is 5.91 Å². The van der Waals surface area contributed by atoms with Crippen LogP contribution in [0, 0.1) is 0 Å². The molecule has 0 aliphatic rings. The summed E-state index contributed by atoms with van der Waals surface area (Å²) < 4.78 is 6.08. The normalized spacial score (nSPS) is 10.2. The highest BCUT2D eigenvalue weighted by Gasteiger charge is 2.08. The molecule has 0 atom stereocenters. The van der Waals surface area contributed by atoms with E-state index in [1.54, 1.807) is 24.5 Å². The second-order valence-electron chi connectivity index (χ2n) is 7.15.